The smallest absolute Gasteiger partial charge is 0.212 e. The average molecular weight is 476 g/mol. The Labute approximate surface area is 192 Å². The third-order valence-electron chi connectivity index (χ3n) is 7.15. The second-order valence-electron chi connectivity index (χ2n) is 9.63. The summed E-state index contributed by atoms with van der Waals surface area (Å²) in [7, 11) is -3.87. The lowest BCUT2D eigenvalue weighted by Crippen LogP contribution is -2.47. The van der Waals surface area contributed by atoms with Gasteiger partial charge in [0.1, 0.15) is 5.75 Å². The van der Waals surface area contributed by atoms with Crippen LogP contribution in [-0.2, 0) is 44.2 Å². The number of nitrogens with zero attached hydrogens (tertiary/aromatic N) is 1. The largest absolute Gasteiger partial charge is 0.379 e. The van der Waals surface area contributed by atoms with Gasteiger partial charge in [0.25, 0.3) is 0 Å². The van der Waals surface area contributed by atoms with E-state index in [0.717, 1.165) is 36.2 Å². The van der Waals surface area contributed by atoms with Crippen molar-refractivity contribution in [3.8, 4) is 0 Å². The molecule has 1 aromatic heterocycles. The SMILES string of the molecule is Cc1sc(S(=O)(=O)CC(=O)Cc2c(C(C)C3CC3)ccc3c2CCC3)nc1C1(O)COC1. The van der Waals surface area contributed by atoms with E-state index in [0.29, 0.717) is 22.4 Å². The van der Waals surface area contributed by atoms with E-state index in [-0.39, 0.29) is 29.8 Å². The monoisotopic (exact) mass is 475 g/mol. The van der Waals surface area contributed by atoms with Crippen molar-refractivity contribution >= 4 is 27.0 Å². The number of aliphatic hydroxyl groups is 1. The Bertz CT molecular complexity index is 1180. The van der Waals surface area contributed by atoms with Gasteiger partial charge >= 0.3 is 0 Å². The maximum Gasteiger partial charge on any atom is 0.212 e. The Kier molecular flexibility index (Phi) is 5.55. The van der Waals surface area contributed by atoms with Gasteiger partial charge in [-0.3, -0.25) is 4.79 Å². The standard InChI is InChI=1S/C24H29NO5S2/c1-14(16-6-7-16)19-9-8-17-4-3-5-20(17)21(19)10-18(26)11-32(28,29)23-25-22(15(2)31-23)24(27)12-30-13-24/h8-9,14,16,27H,3-7,10-13H2,1-2H3. The van der Waals surface area contributed by atoms with Crippen molar-refractivity contribution < 1.29 is 23.1 Å². The van der Waals surface area contributed by atoms with Gasteiger partial charge in [-0.05, 0) is 73.1 Å². The molecule has 0 amide bonds. The molecule has 6 nitrogen and oxygen atoms in total. The number of thiazole rings is 1. The molecule has 5 rings (SSSR count). The lowest BCUT2D eigenvalue weighted by atomic mass is 9.86. The summed E-state index contributed by atoms with van der Waals surface area (Å²) in [5, 5.41) is 10.5. The third-order valence-corrected chi connectivity index (χ3v) is 10.3. The summed E-state index contributed by atoms with van der Waals surface area (Å²) in [5.74, 6) is 0.212. The Balaban J connectivity index is 1.38. The van der Waals surface area contributed by atoms with E-state index >= 15 is 0 Å². The number of carbonyl (C=O) groups excluding carboxylic acids is 1. The lowest BCUT2D eigenvalue weighted by Gasteiger charge is -2.35. The van der Waals surface area contributed by atoms with E-state index < -0.39 is 21.2 Å². The molecule has 2 aliphatic carbocycles. The van der Waals surface area contributed by atoms with Gasteiger partial charge in [-0.1, -0.05) is 19.1 Å². The van der Waals surface area contributed by atoms with Crippen LogP contribution in [0.3, 0.4) is 0 Å². The number of aryl methyl sites for hydroxylation is 2. The van der Waals surface area contributed by atoms with E-state index in [1.54, 1.807) is 6.92 Å². The van der Waals surface area contributed by atoms with Crippen LogP contribution in [0.1, 0.15) is 64.9 Å². The highest BCUT2D eigenvalue weighted by Gasteiger charge is 2.43. The topological polar surface area (TPSA) is 93.6 Å². The summed E-state index contributed by atoms with van der Waals surface area (Å²) >= 11 is 1.02. The molecule has 1 saturated heterocycles. The zero-order chi connectivity index (χ0) is 22.7. The van der Waals surface area contributed by atoms with Crippen LogP contribution in [0.2, 0.25) is 0 Å². The Hall–Kier alpha value is -1.61. The van der Waals surface area contributed by atoms with E-state index in [1.165, 1.54) is 29.5 Å². The molecule has 3 aliphatic rings. The predicted molar refractivity (Wildman–Crippen MR) is 122 cm³/mol. The maximum atomic E-state index is 13.0. The maximum absolute atomic E-state index is 13.0. The quantitative estimate of drug-likeness (QED) is 0.630. The van der Waals surface area contributed by atoms with Gasteiger partial charge in [0, 0.05) is 11.3 Å². The normalized spacial score (nSPS) is 20.6. The van der Waals surface area contributed by atoms with Crippen LogP contribution in [0.4, 0.5) is 0 Å². The van der Waals surface area contributed by atoms with E-state index in [1.807, 2.05) is 0 Å². The molecule has 1 N–H and O–H groups in total. The molecule has 2 fully saturated rings. The van der Waals surface area contributed by atoms with Crippen molar-refractivity contribution in [3.63, 3.8) is 0 Å². The first-order chi connectivity index (χ1) is 15.2. The molecule has 0 bridgehead atoms. The second kappa shape index (κ2) is 8.01. The molecular weight excluding hydrogens is 446 g/mol. The Morgan fingerprint density at radius 1 is 1.31 bits per heavy atom. The number of carbonyl (C=O) groups is 1. The highest BCUT2D eigenvalue weighted by molar-refractivity contribution is 7.94. The highest BCUT2D eigenvalue weighted by atomic mass is 32.2. The number of rotatable bonds is 8. The van der Waals surface area contributed by atoms with Gasteiger partial charge in [-0.2, -0.15) is 0 Å². The van der Waals surface area contributed by atoms with E-state index in [9.17, 15) is 18.3 Å². The fraction of sp³-hybridized carbons (Fsp3) is 0.583. The van der Waals surface area contributed by atoms with Crippen LogP contribution in [0, 0.1) is 12.8 Å². The number of aromatic nitrogens is 1. The number of benzene rings is 1. The molecule has 2 aromatic rings. The van der Waals surface area contributed by atoms with Gasteiger partial charge < -0.3 is 9.84 Å². The summed E-state index contributed by atoms with van der Waals surface area (Å²) in [6, 6.07) is 4.37. The van der Waals surface area contributed by atoms with Crippen LogP contribution < -0.4 is 0 Å². The summed E-state index contributed by atoms with van der Waals surface area (Å²) in [6.07, 6.45) is 5.69. The zero-order valence-corrected chi connectivity index (χ0v) is 20.2. The zero-order valence-electron chi connectivity index (χ0n) is 18.5. The molecule has 1 saturated carbocycles. The first kappa shape index (κ1) is 22.2. The first-order valence-electron chi connectivity index (χ1n) is 11.3. The number of hydrogen-bond donors (Lipinski definition) is 1. The van der Waals surface area contributed by atoms with Gasteiger partial charge in [0.05, 0.1) is 18.9 Å². The summed E-state index contributed by atoms with van der Waals surface area (Å²) in [6.45, 7) is 4.19. The predicted octanol–water partition coefficient (Wildman–Crippen LogP) is 3.26. The summed E-state index contributed by atoms with van der Waals surface area (Å²) < 4.78 is 31.0. The number of Topliss-reactive ketones (excluding diaryl/α,β-unsaturated/α-hetero) is 1. The van der Waals surface area contributed by atoms with Gasteiger partial charge in [0.2, 0.25) is 14.2 Å². The van der Waals surface area contributed by atoms with Crippen LogP contribution in [-0.4, -0.2) is 43.3 Å². The van der Waals surface area contributed by atoms with Crippen LogP contribution >= 0.6 is 11.3 Å². The van der Waals surface area contributed by atoms with Crippen molar-refractivity contribution in [2.75, 3.05) is 19.0 Å². The van der Waals surface area contributed by atoms with Crippen LogP contribution in [0.5, 0.6) is 0 Å². The summed E-state index contributed by atoms with van der Waals surface area (Å²) in [4.78, 5) is 17.9. The lowest BCUT2D eigenvalue weighted by molar-refractivity contribution is -0.187. The average Bonchev–Trinajstić information content (AvgIpc) is 3.31. The minimum atomic E-state index is -3.87. The van der Waals surface area contributed by atoms with Gasteiger partial charge in [0.15, 0.2) is 11.4 Å². The molecule has 0 spiro atoms. The number of ether oxygens (including phenoxy) is 1. The first-order valence-corrected chi connectivity index (χ1v) is 13.8. The number of ketones is 1. The fourth-order valence-corrected chi connectivity index (χ4v) is 7.81. The Morgan fingerprint density at radius 2 is 2.06 bits per heavy atom. The molecule has 1 atom stereocenters. The Morgan fingerprint density at radius 3 is 2.72 bits per heavy atom. The number of hydrogen-bond acceptors (Lipinski definition) is 7. The number of fused-ring (bicyclic) bond motifs is 1. The molecule has 8 heteroatoms. The van der Waals surface area contributed by atoms with E-state index in [2.05, 4.69) is 24.0 Å². The molecule has 1 aromatic carbocycles. The van der Waals surface area contributed by atoms with Gasteiger partial charge in [-0.15, -0.1) is 11.3 Å². The van der Waals surface area contributed by atoms with Crippen molar-refractivity contribution in [2.45, 2.75) is 68.2 Å². The summed E-state index contributed by atoms with van der Waals surface area (Å²) in [5.41, 5.74) is 3.98. The molecule has 32 heavy (non-hydrogen) atoms. The van der Waals surface area contributed by atoms with Crippen molar-refractivity contribution in [2.24, 2.45) is 5.92 Å². The molecular formula is C24H29NO5S2. The van der Waals surface area contributed by atoms with E-state index in [4.69, 9.17) is 4.74 Å². The molecule has 1 unspecified atom stereocenters. The molecule has 1 aliphatic heterocycles. The van der Waals surface area contributed by atoms with Crippen molar-refractivity contribution in [1.29, 1.82) is 0 Å². The third kappa shape index (κ3) is 3.95. The highest BCUT2D eigenvalue weighted by Crippen LogP contribution is 2.45. The minimum Gasteiger partial charge on any atom is -0.379 e. The second-order valence-corrected chi connectivity index (χ2v) is 13.0. The minimum absolute atomic E-state index is 0.0939. The molecule has 0 radical (unpaired) electrons. The van der Waals surface area contributed by atoms with Crippen molar-refractivity contribution in [3.05, 3.63) is 45.0 Å². The van der Waals surface area contributed by atoms with Crippen molar-refractivity contribution in [1.82, 2.24) is 4.98 Å². The number of sulfone groups is 1. The molecule has 2 heterocycles. The fourth-order valence-electron chi connectivity index (χ4n) is 5.14. The molecule has 172 valence electrons. The van der Waals surface area contributed by atoms with Gasteiger partial charge in [-0.25, -0.2) is 13.4 Å². The van der Waals surface area contributed by atoms with Crippen LogP contribution in [0.25, 0.3) is 0 Å². The van der Waals surface area contributed by atoms with Crippen LogP contribution in [0.15, 0.2) is 16.5 Å².